The maximum Gasteiger partial charge on any atom is 0.233 e. The molecule has 0 unspecified atom stereocenters. The Kier molecular flexibility index (Phi) is 4.77. The predicted molar refractivity (Wildman–Crippen MR) is 86.9 cm³/mol. The van der Waals surface area contributed by atoms with E-state index in [1.165, 1.54) is 0 Å². The number of hydrogen-bond acceptors (Lipinski definition) is 7. The molecule has 0 bridgehead atoms. The molecule has 20 heavy (non-hydrogen) atoms. The van der Waals surface area contributed by atoms with E-state index in [1.807, 2.05) is 18.2 Å². The number of nitrogens with one attached hydrogen (secondary N) is 1. The first-order chi connectivity index (χ1) is 9.58. The first-order valence-corrected chi connectivity index (χ1v) is 7.12. The van der Waals surface area contributed by atoms with Crippen molar-refractivity contribution in [3.8, 4) is 5.75 Å². The molecule has 7 nitrogen and oxygen atoms in total. The lowest BCUT2D eigenvalue weighted by Crippen LogP contribution is -2.06. The standard InChI is InChI=1S/C12H15IN6O/c1-2-5-20-9-4-3-7(6-8(9)13)16-12-18-10(14)17-11(15)19-12/h3-4,6H,2,5H2,1H3,(H5,14,15,16,17,18,19). The van der Waals surface area contributed by atoms with Crippen LogP contribution in [0.5, 0.6) is 5.75 Å². The molecule has 0 aliphatic heterocycles. The molecule has 5 N–H and O–H groups in total. The molecule has 0 amide bonds. The lowest BCUT2D eigenvalue weighted by atomic mass is 10.3. The van der Waals surface area contributed by atoms with Crippen molar-refractivity contribution in [2.75, 3.05) is 23.4 Å². The molecule has 1 heterocycles. The summed E-state index contributed by atoms with van der Waals surface area (Å²) >= 11 is 2.21. The number of aromatic nitrogens is 3. The summed E-state index contributed by atoms with van der Waals surface area (Å²) < 4.78 is 6.61. The Hall–Kier alpha value is -1.84. The molecule has 8 heteroatoms. The topological polar surface area (TPSA) is 112 Å². The molecule has 0 fully saturated rings. The molecule has 106 valence electrons. The quantitative estimate of drug-likeness (QED) is 0.676. The van der Waals surface area contributed by atoms with E-state index in [0.717, 1.165) is 21.4 Å². The number of nitrogen functional groups attached to an aromatic ring is 2. The van der Waals surface area contributed by atoms with Gasteiger partial charge in [0.2, 0.25) is 17.8 Å². The van der Waals surface area contributed by atoms with Gasteiger partial charge in [-0.15, -0.1) is 0 Å². The lowest BCUT2D eigenvalue weighted by Gasteiger charge is -2.10. The average molecular weight is 386 g/mol. The summed E-state index contributed by atoms with van der Waals surface area (Å²) in [5.74, 6) is 1.33. The van der Waals surface area contributed by atoms with E-state index in [9.17, 15) is 0 Å². The van der Waals surface area contributed by atoms with Crippen LogP contribution in [0.15, 0.2) is 18.2 Å². The summed E-state index contributed by atoms with van der Waals surface area (Å²) in [6, 6.07) is 5.71. The summed E-state index contributed by atoms with van der Waals surface area (Å²) in [7, 11) is 0. The zero-order chi connectivity index (χ0) is 14.5. The molecule has 2 rings (SSSR count). The number of nitrogens with zero attached hydrogens (tertiary/aromatic N) is 3. The van der Waals surface area contributed by atoms with Gasteiger partial charge < -0.3 is 21.5 Å². The molecule has 0 aliphatic rings. The number of anilines is 4. The normalized spacial score (nSPS) is 10.3. The zero-order valence-corrected chi connectivity index (χ0v) is 13.1. The summed E-state index contributed by atoms with van der Waals surface area (Å²) in [6.45, 7) is 2.77. The van der Waals surface area contributed by atoms with Gasteiger partial charge in [0.15, 0.2) is 0 Å². The van der Waals surface area contributed by atoms with Crippen LogP contribution < -0.4 is 21.5 Å². The van der Waals surface area contributed by atoms with Crippen molar-refractivity contribution >= 4 is 46.1 Å². The molecule has 1 aromatic carbocycles. The fraction of sp³-hybridized carbons (Fsp3) is 0.250. The van der Waals surface area contributed by atoms with E-state index >= 15 is 0 Å². The second-order valence-electron chi connectivity index (χ2n) is 3.99. The molecule has 0 atom stereocenters. The smallest absolute Gasteiger partial charge is 0.233 e. The zero-order valence-electron chi connectivity index (χ0n) is 10.9. The number of ether oxygens (including phenoxy) is 1. The number of rotatable bonds is 5. The average Bonchev–Trinajstić information content (AvgIpc) is 2.36. The van der Waals surface area contributed by atoms with Gasteiger partial charge in [0.25, 0.3) is 0 Å². The highest BCUT2D eigenvalue weighted by atomic mass is 127. The molecule has 0 saturated carbocycles. The molecule has 0 saturated heterocycles. The maximum atomic E-state index is 5.61. The van der Waals surface area contributed by atoms with Crippen molar-refractivity contribution in [3.05, 3.63) is 21.8 Å². The van der Waals surface area contributed by atoms with Crippen LogP contribution >= 0.6 is 22.6 Å². The number of halogens is 1. The third-order valence-electron chi connectivity index (χ3n) is 2.32. The Balaban J connectivity index is 2.15. The second kappa shape index (κ2) is 6.55. The third-order valence-corrected chi connectivity index (χ3v) is 3.16. The van der Waals surface area contributed by atoms with Gasteiger partial charge in [0.1, 0.15) is 5.75 Å². The van der Waals surface area contributed by atoms with Gasteiger partial charge in [-0.2, -0.15) is 15.0 Å². The van der Waals surface area contributed by atoms with Crippen LogP contribution in [0.4, 0.5) is 23.5 Å². The molecule has 1 aromatic heterocycles. The van der Waals surface area contributed by atoms with Crippen LogP contribution in [0.3, 0.4) is 0 Å². The SMILES string of the molecule is CCCOc1ccc(Nc2nc(N)nc(N)n2)cc1I. The van der Waals surface area contributed by atoms with Crippen molar-refractivity contribution in [2.24, 2.45) is 0 Å². The first-order valence-electron chi connectivity index (χ1n) is 6.05. The minimum absolute atomic E-state index is 0.0811. The molecular formula is C12H15IN6O. The Morgan fingerprint density at radius 2 is 1.90 bits per heavy atom. The highest BCUT2D eigenvalue weighted by Gasteiger charge is 2.05. The summed E-state index contributed by atoms with van der Waals surface area (Å²) in [4.78, 5) is 11.6. The van der Waals surface area contributed by atoms with Gasteiger partial charge in [0.05, 0.1) is 10.2 Å². The Morgan fingerprint density at radius 3 is 2.50 bits per heavy atom. The third kappa shape index (κ3) is 3.83. The minimum atomic E-state index is 0.0811. The summed E-state index contributed by atoms with van der Waals surface area (Å²) in [6.07, 6.45) is 0.972. The molecule has 0 aliphatic carbocycles. The van der Waals surface area contributed by atoms with E-state index in [0.29, 0.717) is 12.6 Å². The number of hydrogen-bond donors (Lipinski definition) is 3. The fourth-order valence-corrected chi connectivity index (χ4v) is 2.17. The van der Waals surface area contributed by atoms with Crippen molar-refractivity contribution in [1.29, 1.82) is 0 Å². The van der Waals surface area contributed by atoms with Crippen LogP contribution in [0, 0.1) is 3.57 Å². The molecular weight excluding hydrogens is 371 g/mol. The van der Waals surface area contributed by atoms with Gasteiger partial charge in [0, 0.05) is 5.69 Å². The van der Waals surface area contributed by atoms with E-state index in [2.05, 4.69) is 49.8 Å². The maximum absolute atomic E-state index is 5.61. The van der Waals surface area contributed by atoms with Crippen molar-refractivity contribution in [3.63, 3.8) is 0 Å². The van der Waals surface area contributed by atoms with Crippen LogP contribution in [-0.4, -0.2) is 21.6 Å². The number of benzene rings is 1. The van der Waals surface area contributed by atoms with Crippen molar-refractivity contribution in [2.45, 2.75) is 13.3 Å². The van der Waals surface area contributed by atoms with E-state index in [4.69, 9.17) is 16.2 Å². The van der Waals surface area contributed by atoms with E-state index in [-0.39, 0.29) is 11.9 Å². The predicted octanol–water partition coefficient (Wildman–Crippen LogP) is 2.17. The molecule has 2 aromatic rings. The van der Waals surface area contributed by atoms with Gasteiger partial charge in [-0.3, -0.25) is 0 Å². The minimum Gasteiger partial charge on any atom is -0.492 e. The monoisotopic (exact) mass is 386 g/mol. The van der Waals surface area contributed by atoms with Gasteiger partial charge in [-0.05, 0) is 47.2 Å². The second-order valence-corrected chi connectivity index (χ2v) is 5.16. The Labute approximate surface area is 130 Å². The lowest BCUT2D eigenvalue weighted by molar-refractivity contribution is 0.315. The van der Waals surface area contributed by atoms with Crippen LogP contribution in [0.2, 0.25) is 0 Å². The largest absolute Gasteiger partial charge is 0.492 e. The number of nitrogens with two attached hydrogens (primary N) is 2. The van der Waals surface area contributed by atoms with Crippen molar-refractivity contribution < 1.29 is 4.74 Å². The van der Waals surface area contributed by atoms with Crippen LogP contribution in [0.25, 0.3) is 0 Å². The van der Waals surface area contributed by atoms with Crippen molar-refractivity contribution in [1.82, 2.24) is 15.0 Å². The van der Waals surface area contributed by atoms with Gasteiger partial charge in [-0.1, -0.05) is 6.92 Å². The van der Waals surface area contributed by atoms with Crippen LogP contribution in [0.1, 0.15) is 13.3 Å². The van der Waals surface area contributed by atoms with E-state index in [1.54, 1.807) is 0 Å². The Bertz CT molecular complexity index is 586. The Morgan fingerprint density at radius 1 is 1.20 bits per heavy atom. The fourth-order valence-electron chi connectivity index (χ4n) is 1.50. The van der Waals surface area contributed by atoms with Gasteiger partial charge >= 0.3 is 0 Å². The highest BCUT2D eigenvalue weighted by Crippen LogP contribution is 2.26. The molecule has 0 radical (unpaired) electrons. The van der Waals surface area contributed by atoms with Crippen LogP contribution in [-0.2, 0) is 0 Å². The van der Waals surface area contributed by atoms with E-state index < -0.39 is 0 Å². The highest BCUT2D eigenvalue weighted by molar-refractivity contribution is 14.1. The summed E-state index contributed by atoms with van der Waals surface area (Å²) in [5, 5.41) is 3.03. The van der Waals surface area contributed by atoms with Gasteiger partial charge in [-0.25, -0.2) is 0 Å². The molecule has 0 spiro atoms. The summed E-state index contributed by atoms with van der Waals surface area (Å²) in [5.41, 5.74) is 11.9. The first kappa shape index (κ1) is 14.6.